The molecule has 1 aliphatic carbocycles. The molecule has 9 nitrogen and oxygen atoms in total. The summed E-state index contributed by atoms with van der Waals surface area (Å²) in [5.41, 5.74) is 2.79. The quantitative estimate of drug-likeness (QED) is 0.451. The second kappa shape index (κ2) is 8.83. The number of fused-ring (bicyclic) bond motifs is 2. The SMILES string of the molecule is COc1nc(N[C@H]2CC[C@@H](C(=O)N3CCCC3)CC2)nc2[nH]cc(-c3ccc4ncc(F)n4c3)c12. The highest BCUT2D eigenvalue weighted by Gasteiger charge is 2.31. The van der Waals surface area contributed by atoms with Crippen LogP contribution >= 0.6 is 0 Å². The van der Waals surface area contributed by atoms with Gasteiger partial charge < -0.3 is 19.9 Å². The highest BCUT2D eigenvalue weighted by Crippen LogP contribution is 2.35. The molecule has 0 atom stereocenters. The molecule has 1 aliphatic heterocycles. The minimum atomic E-state index is -0.423. The number of aromatic nitrogens is 5. The Morgan fingerprint density at radius 1 is 1.17 bits per heavy atom. The Kier molecular flexibility index (Phi) is 5.50. The molecule has 182 valence electrons. The van der Waals surface area contributed by atoms with E-state index in [1.165, 1.54) is 10.6 Å². The van der Waals surface area contributed by atoms with E-state index in [1.807, 2.05) is 17.2 Å². The summed E-state index contributed by atoms with van der Waals surface area (Å²) in [6.07, 6.45) is 10.6. The normalized spacial score (nSPS) is 20.6. The van der Waals surface area contributed by atoms with E-state index in [2.05, 4.69) is 25.3 Å². The van der Waals surface area contributed by atoms with Crippen molar-refractivity contribution in [3.8, 4) is 17.0 Å². The lowest BCUT2D eigenvalue weighted by Crippen LogP contribution is -2.37. The van der Waals surface area contributed by atoms with Crippen LogP contribution in [0.2, 0.25) is 0 Å². The third-order valence-electron chi connectivity index (χ3n) is 7.29. The molecule has 1 amide bonds. The van der Waals surface area contributed by atoms with Gasteiger partial charge in [0.1, 0.15) is 11.3 Å². The maximum Gasteiger partial charge on any atom is 0.228 e. The third-order valence-corrected chi connectivity index (χ3v) is 7.29. The molecule has 5 heterocycles. The van der Waals surface area contributed by atoms with Gasteiger partial charge in [-0.2, -0.15) is 14.4 Å². The lowest BCUT2D eigenvalue weighted by molar-refractivity contribution is -0.135. The van der Waals surface area contributed by atoms with Crippen LogP contribution < -0.4 is 10.1 Å². The molecule has 4 aromatic heterocycles. The number of H-pyrrole nitrogens is 1. The minimum Gasteiger partial charge on any atom is -0.480 e. The van der Waals surface area contributed by atoms with Gasteiger partial charge in [0, 0.05) is 48.6 Å². The van der Waals surface area contributed by atoms with E-state index in [1.54, 1.807) is 19.4 Å². The number of amides is 1. The van der Waals surface area contributed by atoms with Crippen LogP contribution in [0.15, 0.2) is 30.7 Å². The van der Waals surface area contributed by atoms with Gasteiger partial charge in [-0.05, 0) is 50.7 Å². The lowest BCUT2D eigenvalue weighted by atomic mass is 9.85. The van der Waals surface area contributed by atoms with Crippen molar-refractivity contribution in [2.75, 3.05) is 25.5 Å². The number of aromatic amines is 1. The Labute approximate surface area is 201 Å². The van der Waals surface area contributed by atoms with Crippen molar-refractivity contribution < 1.29 is 13.9 Å². The Morgan fingerprint density at radius 2 is 1.97 bits per heavy atom. The van der Waals surface area contributed by atoms with Crippen LogP contribution in [0.5, 0.6) is 5.88 Å². The average molecular weight is 478 g/mol. The van der Waals surface area contributed by atoms with Crippen LogP contribution in [-0.2, 0) is 4.79 Å². The fourth-order valence-electron chi connectivity index (χ4n) is 5.41. The van der Waals surface area contributed by atoms with Crippen molar-refractivity contribution in [2.24, 2.45) is 5.92 Å². The highest BCUT2D eigenvalue weighted by molar-refractivity contribution is 5.97. The number of carbonyl (C=O) groups is 1. The smallest absolute Gasteiger partial charge is 0.228 e. The van der Waals surface area contributed by atoms with Crippen LogP contribution in [0.25, 0.3) is 27.8 Å². The fraction of sp³-hybridized carbons (Fsp3) is 0.440. The first-order valence-electron chi connectivity index (χ1n) is 12.2. The van der Waals surface area contributed by atoms with Gasteiger partial charge in [0.05, 0.1) is 18.7 Å². The number of ether oxygens (including phenoxy) is 1. The Bertz CT molecular complexity index is 1380. The van der Waals surface area contributed by atoms with Gasteiger partial charge in [-0.3, -0.25) is 9.20 Å². The number of nitrogens with one attached hydrogen (secondary N) is 2. The molecule has 0 unspecified atom stereocenters. The summed E-state index contributed by atoms with van der Waals surface area (Å²) < 4.78 is 21.1. The van der Waals surface area contributed by atoms with Crippen molar-refractivity contribution in [2.45, 2.75) is 44.6 Å². The number of anilines is 1. The summed E-state index contributed by atoms with van der Waals surface area (Å²) in [5.74, 6) is 0.972. The molecule has 2 aliphatic rings. The lowest BCUT2D eigenvalue weighted by Gasteiger charge is -2.30. The van der Waals surface area contributed by atoms with E-state index in [-0.39, 0.29) is 12.0 Å². The van der Waals surface area contributed by atoms with E-state index in [4.69, 9.17) is 4.74 Å². The number of pyridine rings is 1. The number of hydrogen-bond donors (Lipinski definition) is 2. The first-order valence-corrected chi connectivity index (χ1v) is 12.2. The van der Waals surface area contributed by atoms with Crippen LogP contribution in [-0.4, -0.2) is 61.4 Å². The van der Waals surface area contributed by atoms with E-state index < -0.39 is 5.95 Å². The maximum atomic E-state index is 14.1. The number of likely N-dealkylation sites (tertiary alicyclic amines) is 1. The number of methoxy groups -OCH3 is 1. The molecule has 2 N–H and O–H groups in total. The van der Waals surface area contributed by atoms with Crippen LogP contribution in [0.1, 0.15) is 38.5 Å². The van der Waals surface area contributed by atoms with E-state index in [0.717, 1.165) is 68.1 Å². The number of hydrogen-bond acceptors (Lipinski definition) is 6. The topological polar surface area (TPSA) is 100 Å². The van der Waals surface area contributed by atoms with Crippen molar-refractivity contribution >= 4 is 28.5 Å². The molecule has 4 aromatic rings. The molecule has 0 aromatic carbocycles. The molecule has 0 spiro atoms. The fourth-order valence-corrected chi connectivity index (χ4v) is 5.41. The summed E-state index contributed by atoms with van der Waals surface area (Å²) >= 11 is 0. The summed E-state index contributed by atoms with van der Waals surface area (Å²) in [6, 6.07) is 3.87. The summed E-state index contributed by atoms with van der Waals surface area (Å²) in [4.78, 5) is 31.3. The highest BCUT2D eigenvalue weighted by atomic mass is 19.1. The van der Waals surface area contributed by atoms with Gasteiger partial charge in [-0.15, -0.1) is 0 Å². The Balaban J connectivity index is 1.21. The molecule has 35 heavy (non-hydrogen) atoms. The molecular formula is C25H28FN7O2. The van der Waals surface area contributed by atoms with E-state index in [0.29, 0.717) is 29.0 Å². The molecule has 1 saturated carbocycles. The minimum absolute atomic E-state index is 0.132. The first kappa shape index (κ1) is 21.8. The summed E-state index contributed by atoms with van der Waals surface area (Å²) in [7, 11) is 1.58. The largest absolute Gasteiger partial charge is 0.480 e. The van der Waals surface area contributed by atoms with Crippen molar-refractivity contribution in [3.05, 3.63) is 36.7 Å². The predicted molar refractivity (Wildman–Crippen MR) is 130 cm³/mol. The summed E-state index contributed by atoms with van der Waals surface area (Å²) in [5, 5.41) is 4.18. The average Bonchev–Trinajstić information content (AvgIpc) is 3.64. The third kappa shape index (κ3) is 3.96. The molecule has 2 fully saturated rings. The van der Waals surface area contributed by atoms with Gasteiger partial charge in [-0.1, -0.05) is 0 Å². The number of nitrogens with zero attached hydrogens (tertiary/aromatic N) is 5. The summed E-state index contributed by atoms with van der Waals surface area (Å²) in [6.45, 7) is 1.82. The van der Waals surface area contributed by atoms with Crippen LogP contribution in [0.4, 0.5) is 10.3 Å². The number of imidazole rings is 1. The van der Waals surface area contributed by atoms with Crippen molar-refractivity contribution in [1.82, 2.24) is 29.2 Å². The molecular weight excluding hydrogens is 449 g/mol. The standard InChI is InChI=1S/C25H28FN7O2/c1-35-23-21-18(16-6-9-20-27-13-19(26)33(20)14-16)12-28-22(21)30-25(31-23)29-17-7-4-15(5-8-17)24(34)32-10-2-3-11-32/h6,9,12-15,17H,2-5,7-8,10-11H2,1H3,(H2,28,29,30,31)/t15-,17+. The predicted octanol–water partition coefficient (Wildman–Crippen LogP) is 4.01. The zero-order chi connectivity index (χ0) is 23.9. The zero-order valence-corrected chi connectivity index (χ0v) is 19.6. The van der Waals surface area contributed by atoms with Gasteiger partial charge in [0.15, 0.2) is 0 Å². The zero-order valence-electron chi connectivity index (χ0n) is 19.6. The van der Waals surface area contributed by atoms with Crippen LogP contribution in [0, 0.1) is 11.9 Å². The number of carbonyl (C=O) groups excluding carboxylic acids is 1. The Hall–Kier alpha value is -3.69. The van der Waals surface area contributed by atoms with Gasteiger partial charge >= 0.3 is 0 Å². The molecule has 6 rings (SSSR count). The van der Waals surface area contributed by atoms with Gasteiger partial charge in [0.2, 0.25) is 23.7 Å². The maximum absolute atomic E-state index is 14.1. The van der Waals surface area contributed by atoms with Gasteiger partial charge in [-0.25, -0.2) is 4.98 Å². The molecule has 1 saturated heterocycles. The molecule has 0 radical (unpaired) electrons. The van der Waals surface area contributed by atoms with Crippen LogP contribution in [0.3, 0.4) is 0 Å². The number of rotatable bonds is 5. The first-order chi connectivity index (χ1) is 17.1. The second-order valence-corrected chi connectivity index (χ2v) is 9.43. The van der Waals surface area contributed by atoms with Crippen molar-refractivity contribution in [3.63, 3.8) is 0 Å². The Morgan fingerprint density at radius 3 is 2.74 bits per heavy atom. The number of halogens is 1. The van der Waals surface area contributed by atoms with E-state index >= 15 is 0 Å². The monoisotopic (exact) mass is 477 g/mol. The van der Waals surface area contributed by atoms with Crippen molar-refractivity contribution in [1.29, 1.82) is 0 Å². The van der Waals surface area contributed by atoms with E-state index in [9.17, 15) is 9.18 Å². The molecule has 0 bridgehead atoms. The second-order valence-electron chi connectivity index (χ2n) is 9.43. The van der Waals surface area contributed by atoms with Gasteiger partial charge in [0.25, 0.3) is 0 Å². The molecule has 10 heteroatoms.